The summed E-state index contributed by atoms with van der Waals surface area (Å²) in [6.45, 7) is 6.31. The molecular weight excluding hydrogens is 312 g/mol. The molecule has 1 atom stereocenters. The fraction of sp³-hybridized carbons (Fsp3) is 0.529. The van der Waals surface area contributed by atoms with E-state index in [1.807, 2.05) is 29.2 Å². The highest BCUT2D eigenvalue weighted by Gasteiger charge is 2.37. The average molecular weight is 336 g/mol. The molecule has 1 aliphatic heterocycles. The first-order valence-corrected chi connectivity index (χ1v) is 7.82. The smallest absolute Gasteiger partial charge is 0.411 e. The molecule has 0 aliphatic carbocycles. The molecule has 0 radical (unpaired) electrons. The molecule has 0 aromatic heterocycles. The molecule has 1 heterocycles. The zero-order chi connectivity index (χ0) is 17.9. The van der Waals surface area contributed by atoms with Crippen LogP contribution in [0.5, 0.6) is 5.75 Å². The van der Waals surface area contributed by atoms with E-state index in [1.54, 1.807) is 27.9 Å². The number of benzene rings is 1. The first-order chi connectivity index (χ1) is 11.2. The minimum atomic E-state index is -1.04. The van der Waals surface area contributed by atoms with Crippen molar-refractivity contribution in [2.45, 2.75) is 32.4 Å². The molecule has 2 rings (SSSR count). The quantitative estimate of drug-likeness (QED) is 0.912. The summed E-state index contributed by atoms with van der Waals surface area (Å²) in [6, 6.07) is 6.45. The van der Waals surface area contributed by atoms with E-state index in [0.717, 1.165) is 11.4 Å². The second-order valence-corrected chi connectivity index (χ2v) is 6.67. The van der Waals surface area contributed by atoms with Crippen LogP contribution in [-0.4, -0.2) is 60.5 Å². The molecule has 1 aromatic carbocycles. The van der Waals surface area contributed by atoms with Gasteiger partial charge in [0, 0.05) is 25.3 Å². The number of carbonyl (C=O) groups is 2. The topological polar surface area (TPSA) is 79.3 Å². The molecule has 7 heteroatoms. The summed E-state index contributed by atoms with van der Waals surface area (Å²) in [7, 11) is 1.59. The lowest BCUT2D eigenvalue weighted by molar-refractivity contribution is -0.143. The van der Waals surface area contributed by atoms with E-state index < -0.39 is 23.7 Å². The monoisotopic (exact) mass is 336 g/mol. The molecule has 1 amide bonds. The van der Waals surface area contributed by atoms with Crippen LogP contribution in [0.15, 0.2) is 24.3 Å². The maximum absolute atomic E-state index is 12.3. The molecule has 1 aliphatic rings. The number of hydrogen-bond donors (Lipinski definition) is 1. The molecular formula is C17H24N2O5. The van der Waals surface area contributed by atoms with E-state index in [-0.39, 0.29) is 13.1 Å². The molecule has 1 N–H and O–H groups in total. The Morgan fingerprint density at radius 1 is 1.17 bits per heavy atom. The molecule has 7 nitrogen and oxygen atoms in total. The SMILES string of the molecule is COc1ccc(N2CCN(C(=O)OC(C)(C)C)[C@H](C(=O)O)C2)cc1. The molecule has 0 saturated carbocycles. The van der Waals surface area contributed by atoms with E-state index in [1.165, 1.54) is 4.90 Å². The first kappa shape index (κ1) is 17.9. The molecule has 1 aromatic rings. The van der Waals surface area contributed by atoms with Crippen molar-refractivity contribution in [1.29, 1.82) is 0 Å². The number of methoxy groups -OCH3 is 1. The fourth-order valence-electron chi connectivity index (χ4n) is 2.56. The minimum Gasteiger partial charge on any atom is -0.497 e. The highest BCUT2D eigenvalue weighted by Crippen LogP contribution is 2.23. The van der Waals surface area contributed by atoms with Crippen molar-refractivity contribution in [1.82, 2.24) is 4.90 Å². The van der Waals surface area contributed by atoms with Crippen molar-refractivity contribution in [2.24, 2.45) is 0 Å². The largest absolute Gasteiger partial charge is 0.497 e. The summed E-state index contributed by atoms with van der Waals surface area (Å²) in [6.07, 6.45) is -0.593. The van der Waals surface area contributed by atoms with Gasteiger partial charge in [0.05, 0.1) is 7.11 Å². The lowest BCUT2D eigenvalue weighted by atomic mass is 10.1. The summed E-state index contributed by atoms with van der Waals surface area (Å²) in [5.74, 6) is -0.306. The molecule has 0 unspecified atom stereocenters. The van der Waals surface area contributed by atoms with Crippen LogP contribution in [0.25, 0.3) is 0 Å². The Balaban J connectivity index is 2.12. The van der Waals surface area contributed by atoms with Gasteiger partial charge in [0.1, 0.15) is 17.4 Å². The number of nitrogens with zero attached hydrogens (tertiary/aromatic N) is 2. The summed E-state index contributed by atoms with van der Waals surface area (Å²) in [5.41, 5.74) is 0.235. The molecule has 24 heavy (non-hydrogen) atoms. The number of carboxylic acid groups (broad SMARTS) is 1. The highest BCUT2D eigenvalue weighted by atomic mass is 16.6. The average Bonchev–Trinajstić information content (AvgIpc) is 2.52. The minimum absolute atomic E-state index is 0.209. The number of amides is 1. The molecule has 1 fully saturated rings. The highest BCUT2D eigenvalue weighted by molar-refractivity contribution is 5.81. The normalized spacial score (nSPS) is 18.2. The van der Waals surface area contributed by atoms with Crippen LogP contribution >= 0.6 is 0 Å². The zero-order valence-electron chi connectivity index (χ0n) is 14.5. The molecule has 0 bridgehead atoms. The Hall–Kier alpha value is -2.44. The summed E-state index contributed by atoms with van der Waals surface area (Å²) >= 11 is 0. The number of piperazine rings is 1. The number of carboxylic acids is 1. The van der Waals surface area contributed by atoms with Crippen LogP contribution in [0.4, 0.5) is 10.5 Å². The summed E-state index contributed by atoms with van der Waals surface area (Å²) in [5, 5.41) is 9.51. The van der Waals surface area contributed by atoms with Crippen LogP contribution < -0.4 is 9.64 Å². The summed E-state index contributed by atoms with van der Waals surface area (Å²) in [4.78, 5) is 27.1. The maximum Gasteiger partial charge on any atom is 0.411 e. The van der Waals surface area contributed by atoms with E-state index in [2.05, 4.69) is 0 Å². The second-order valence-electron chi connectivity index (χ2n) is 6.67. The Labute approximate surface area is 141 Å². The van der Waals surface area contributed by atoms with Crippen LogP contribution in [0.3, 0.4) is 0 Å². The van der Waals surface area contributed by atoms with Crippen molar-refractivity contribution >= 4 is 17.7 Å². The van der Waals surface area contributed by atoms with Crippen molar-refractivity contribution in [3.63, 3.8) is 0 Å². The Bertz CT molecular complexity index is 594. The lowest BCUT2D eigenvalue weighted by Crippen LogP contribution is -2.59. The van der Waals surface area contributed by atoms with Gasteiger partial charge < -0.3 is 19.5 Å². The maximum atomic E-state index is 12.3. The number of ether oxygens (including phenoxy) is 2. The van der Waals surface area contributed by atoms with Crippen molar-refractivity contribution in [2.75, 3.05) is 31.6 Å². The first-order valence-electron chi connectivity index (χ1n) is 7.82. The van der Waals surface area contributed by atoms with Gasteiger partial charge in [-0.05, 0) is 45.0 Å². The van der Waals surface area contributed by atoms with Crippen molar-refractivity contribution < 1.29 is 24.2 Å². The van der Waals surface area contributed by atoms with Gasteiger partial charge >= 0.3 is 12.1 Å². The molecule has 132 valence electrons. The number of rotatable bonds is 3. The number of hydrogen-bond acceptors (Lipinski definition) is 5. The van der Waals surface area contributed by atoms with Crippen molar-refractivity contribution in [3.8, 4) is 5.75 Å². The number of anilines is 1. The molecule has 0 spiro atoms. The predicted octanol–water partition coefficient (Wildman–Crippen LogP) is 2.21. The van der Waals surface area contributed by atoms with Gasteiger partial charge in [0.15, 0.2) is 0 Å². The number of aliphatic carboxylic acids is 1. The number of carbonyl (C=O) groups excluding carboxylic acids is 1. The zero-order valence-corrected chi connectivity index (χ0v) is 14.5. The van der Waals surface area contributed by atoms with Gasteiger partial charge in [-0.1, -0.05) is 0 Å². The van der Waals surface area contributed by atoms with Gasteiger partial charge in [-0.15, -0.1) is 0 Å². The second kappa shape index (κ2) is 6.98. The Morgan fingerprint density at radius 3 is 2.29 bits per heavy atom. The van der Waals surface area contributed by atoms with Crippen LogP contribution in [0.2, 0.25) is 0 Å². The third kappa shape index (κ3) is 4.31. The van der Waals surface area contributed by atoms with E-state index >= 15 is 0 Å². The fourth-order valence-corrected chi connectivity index (χ4v) is 2.56. The lowest BCUT2D eigenvalue weighted by Gasteiger charge is -2.40. The van der Waals surface area contributed by atoms with Gasteiger partial charge in [0.2, 0.25) is 0 Å². The van der Waals surface area contributed by atoms with Gasteiger partial charge in [-0.2, -0.15) is 0 Å². The predicted molar refractivity (Wildman–Crippen MR) is 89.6 cm³/mol. The van der Waals surface area contributed by atoms with E-state index in [4.69, 9.17) is 9.47 Å². The Kier molecular flexibility index (Phi) is 5.21. The Morgan fingerprint density at radius 2 is 1.79 bits per heavy atom. The van der Waals surface area contributed by atoms with Crippen LogP contribution in [0.1, 0.15) is 20.8 Å². The third-order valence-electron chi connectivity index (χ3n) is 3.73. The van der Waals surface area contributed by atoms with Gasteiger partial charge in [0.25, 0.3) is 0 Å². The third-order valence-corrected chi connectivity index (χ3v) is 3.73. The van der Waals surface area contributed by atoms with E-state index in [9.17, 15) is 14.7 Å². The standard InChI is InChI=1S/C17H24N2O5/c1-17(2,3)24-16(22)19-10-9-18(11-14(19)15(20)21)12-5-7-13(23-4)8-6-12/h5-8,14H,9-11H2,1-4H3,(H,20,21)/t14-/m0/s1. The van der Waals surface area contributed by atoms with Gasteiger partial charge in [-0.3, -0.25) is 4.90 Å². The van der Waals surface area contributed by atoms with Crippen molar-refractivity contribution in [3.05, 3.63) is 24.3 Å². The van der Waals surface area contributed by atoms with Crippen LogP contribution in [0, 0.1) is 0 Å². The summed E-state index contributed by atoms with van der Waals surface area (Å²) < 4.78 is 10.4. The van der Waals surface area contributed by atoms with Crippen LogP contribution in [-0.2, 0) is 9.53 Å². The van der Waals surface area contributed by atoms with E-state index in [0.29, 0.717) is 6.54 Å². The van der Waals surface area contributed by atoms with Gasteiger partial charge in [-0.25, -0.2) is 9.59 Å². The molecule has 1 saturated heterocycles.